The molecule has 19 heavy (non-hydrogen) atoms. The monoisotopic (exact) mass is 299 g/mol. The van der Waals surface area contributed by atoms with Crippen molar-refractivity contribution in [2.45, 2.75) is 6.54 Å². The molecule has 0 aliphatic carbocycles. The zero-order valence-electron chi connectivity index (χ0n) is 10.1. The van der Waals surface area contributed by atoms with E-state index in [0.29, 0.717) is 17.3 Å². The number of rotatable bonds is 4. The standard InChI is InChI=1S/C12H11Cl2N3O2/c1-18-12-16-6-10(14)11(17-12)19-8-3-2-7(5-15)9(13)4-8/h2-4,6H,5,15H2,1H3. The van der Waals surface area contributed by atoms with E-state index in [2.05, 4.69) is 9.97 Å². The molecule has 0 unspecified atom stereocenters. The van der Waals surface area contributed by atoms with Crippen LogP contribution in [0.15, 0.2) is 24.4 Å². The molecule has 2 aromatic rings. The van der Waals surface area contributed by atoms with Gasteiger partial charge in [-0.1, -0.05) is 29.3 Å². The maximum absolute atomic E-state index is 6.04. The highest BCUT2D eigenvalue weighted by Gasteiger charge is 2.09. The molecule has 0 amide bonds. The van der Waals surface area contributed by atoms with Gasteiger partial charge >= 0.3 is 6.01 Å². The maximum Gasteiger partial charge on any atom is 0.319 e. The minimum Gasteiger partial charge on any atom is -0.467 e. The van der Waals surface area contributed by atoms with Gasteiger partial charge in [0.1, 0.15) is 10.8 Å². The first-order chi connectivity index (χ1) is 9.13. The predicted molar refractivity (Wildman–Crippen MR) is 73.0 cm³/mol. The quantitative estimate of drug-likeness (QED) is 0.939. The van der Waals surface area contributed by atoms with Crippen molar-refractivity contribution in [3.63, 3.8) is 0 Å². The van der Waals surface area contributed by atoms with Crippen molar-refractivity contribution >= 4 is 23.2 Å². The Hall–Kier alpha value is -1.56. The minimum absolute atomic E-state index is 0.170. The molecule has 0 spiro atoms. The van der Waals surface area contributed by atoms with E-state index >= 15 is 0 Å². The van der Waals surface area contributed by atoms with Crippen molar-refractivity contribution in [3.05, 3.63) is 40.0 Å². The fraction of sp³-hybridized carbons (Fsp3) is 0.167. The second-order valence-corrected chi connectivity index (χ2v) is 4.38. The lowest BCUT2D eigenvalue weighted by molar-refractivity contribution is 0.366. The SMILES string of the molecule is COc1ncc(Cl)c(Oc2ccc(CN)c(Cl)c2)n1. The normalized spacial score (nSPS) is 10.3. The van der Waals surface area contributed by atoms with E-state index in [1.165, 1.54) is 13.3 Å². The third kappa shape index (κ3) is 3.26. The van der Waals surface area contributed by atoms with Gasteiger partial charge in [-0.25, -0.2) is 4.98 Å². The molecule has 0 aliphatic rings. The van der Waals surface area contributed by atoms with Crippen LogP contribution < -0.4 is 15.2 Å². The Kier molecular flexibility index (Phi) is 4.42. The van der Waals surface area contributed by atoms with E-state index in [4.69, 9.17) is 38.4 Å². The van der Waals surface area contributed by atoms with Gasteiger partial charge in [0, 0.05) is 11.6 Å². The van der Waals surface area contributed by atoms with Crippen molar-refractivity contribution < 1.29 is 9.47 Å². The van der Waals surface area contributed by atoms with Gasteiger partial charge in [-0.2, -0.15) is 4.98 Å². The summed E-state index contributed by atoms with van der Waals surface area (Å²) >= 11 is 12.0. The highest BCUT2D eigenvalue weighted by atomic mass is 35.5. The molecule has 5 nitrogen and oxygen atoms in total. The summed E-state index contributed by atoms with van der Waals surface area (Å²) in [5, 5.41) is 0.803. The Morgan fingerprint density at radius 1 is 1.26 bits per heavy atom. The van der Waals surface area contributed by atoms with Crippen molar-refractivity contribution in [2.24, 2.45) is 5.73 Å². The molecule has 1 aromatic carbocycles. The number of aromatic nitrogens is 2. The van der Waals surface area contributed by atoms with Crippen molar-refractivity contribution in [1.82, 2.24) is 9.97 Å². The predicted octanol–water partition coefficient (Wildman–Crippen LogP) is 3.04. The van der Waals surface area contributed by atoms with Crippen LogP contribution in [0.4, 0.5) is 0 Å². The summed E-state index contributed by atoms with van der Waals surface area (Å²) < 4.78 is 10.4. The van der Waals surface area contributed by atoms with Crippen LogP contribution in [0, 0.1) is 0 Å². The third-order valence-corrected chi connectivity index (χ3v) is 2.94. The van der Waals surface area contributed by atoms with Gasteiger partial charge in [-0.3, -0.25) is 0 Å². The van der Waals surface area contributed by atoms with E-state index < -0.39 is 0 Å². The minimum atomic E-state index is 0.170. The summed E-state index contributed by atoms with van der Waals surface area (Å²) in [5.41, 5.74) is 6.37. The van der Waals surface area contributed by atoms with Crippen LogP contribution in [0.1, 0.15) is 5.56 Å². The molecular weight excluding hydrogens is 289 g/mol. The number of methoxy groups -OCH3 is 1. The Morgan fingerprint density at radius 3 is 2.68 bits per heavy atom. The lowest BCUT2D eigenvalue weighted by Crippen LogP contribution is -1.98. The van der Waals surface area contributed by atoms with E-state index in [1.807, 2.05) is 0 Å². The number of hydrogen-bond acceptors (Lipinski definition) is 5. The molecule has 1 heterocycles. The van der Waals surface area contributed by atoms with E-state index in [9.17, 15) is 0 Å². The van der Waals surface area contributed by atoms with Gasteiger partial charge in [0.05, 0.1) is 13.3 Å². The Balaban J connectivity index is 2.28. The van der Waals surface area contributed by atoms with Gasteiger partial charge in [0.2, 0.25) is 5.88 Å². The molecule has 1 aromatic heterocycles. The van der Waals surface area contributed by atoms with Crippen LogP contribution in [0.2, 0.25) is 10.0 Å². The van der Waals surface area contributed by atoms with Crippen LogP contribution in [0.3, 0.4) is 0 Å². The summed E-state index contributed by atoms with van der Waals surface area (Å²) in [5.74, 6) is 0.704. The average molecular weight is 300 g/mol. The number of ether oxygens (including phenoxy) is 2. The molecule has 7 heteroatoms. The van der Waals surface area contributed by atoms with Crippen LogP contribution in [0.25, 0.3) is 0 Å². The first kappa shape index (κ1) is 13.9. The lowest BCUT2D eigenvalue weighted by atomic mass is 10.2. The van der Waals surface area contributed by atoms with E-state index in [0.717, 1.165) is 5.56 Å². The van der Waals surface area contributed by atoms with Crippen LogP contribution in [0.5, 0.6) is 17.6 Å². The van der Waals surface area contributed by atoms with Gasteiger partial charge in [0.25, 0.3) is 0 Å². The highest BCUT2D eigenvalue weighted by molar-refractivity contribution is 6.32. The first-order valence-electron chi connectivity index (χ1n) is 5.37. The Labute approximate surface area is 120 Å². The largest absolute Gasteiger partial charge is 0.467 e. The molecule has 0 bridgehead atoms. The molecule has 0 radical (unpaired) electrons. The fourth-order valence-electron chi connectivity index (χ4n) is 1.37. The highest BCUT2D eigenvalue weighted by Crippen LogP contribution is 2.30. The zero-order chi connectivity index (χ0) is 13.8. The zero-order valence-corrected chi connectivity index (χ0v) is 11.6. The van der Waals surface area contributed by atoms with Crippen molar-refractivity contribution in [3.8, 4) is 17.6 Å². The molecule has 100 valence electrons. The summed E-state index contributed by atoms with van der Waals surface area (Å²) in [6.07, 6.45) is 1.40. The first-order valence-corrected chi connectivity index (χ1v) is 6.12. The van der Waals surface area contributed by atoms with Gasteiger partial charge in [-0.15, -0.1) is 0 Å². The second kappa shape index (κ2) is 6.06. The summed E-state index contributed by atoms with van der Waals surface area (Å²) in [6.45, 7) is 0.362. The van der Waals surface area contributed by atoms with Crippen LogP contribution in [-0.2, 0) is 6.54 Å². The number of halogens is 2. The fourth-order valence-corrected chi connectivity index (χ4v) is 1.75. The van der Waals surface area contributed by atoms with Gasteiger partial charge in [-0.05, 0) is 17.7 Å². The van der Waals surface area contributed by atoms with Crippen LogP contribution >= 0.6 is 23.2 Å². The molecule has 0 fully saturated rings. The average Bonchev–Trinajstić information content (AvgIpc) is 2.41. The third-order valence-electron chi connectivity index (χ3n) is 2.33. The Bertz CT molecular complexity index is 593. The smallest absolute Gasteiger partial charge is 0.319 e. The molecule has 0 saturated heterocycles. The summed E-state index contributed by atoms with van der Waals surface area (Å²) in [6, 6.07) is 5.33. The molecule has 0 saturated carbocycles. The van der Waals surface area contributed by atoms with Crippen molar-refractivity contribution in [1.29, 1.82) is 0 Å². The van der Waals surface area contributed by atoms with Gasteiger partial charge in [0.15, 0.2) is 0 Å². The number of nitrogens with zero attached hydrogens (tertiary/aromatic N) is 2. The van der Waals surface area contributed by atoms with E-state index in [-0.39, 0.29) is 16.9 Å². The summed E-state index contributed by atoms with van der Waals surface area (Å²) in [4.78, 5) is 7.86. The molecule has 0 aliphatic heterocycles. The molecule has 2 N–H and O–H groups in total. The lowest BCUT2D eigenvalue weighted by Gasteiger charge is -2.09. The maximum atomic E-state index is 6.04. The number of hydrogen-bond donors (Lipinski definition) is 1. The van der Waals surface area contributed by atoms with Crippen molar-refractivity contribution in [2.75, 3.05) is 7.11 Å². The Morgan fingerprint density at radius 2 is 2.05 bits per heavy atom. The molecular formula is C12H11Cl2N3O2. The van der Waals surface area contributed by atoms with Crippen LogP contribution in [-0.4, -0.2) is 17.1 Å². The van der Waals surface area contributed by atoms with Gasteiger partial charge < -0.3 is 15.2 Å². The second-order valence-electron chi connectivity index (χ2n) is 3.57. The number of benzene rings is 1. The topological polar surface area (TPSA) is 70.3 Å². The van der Waals surface area contributed by atoms with E-state index in [1.54, 1.807) is 18.2 Å². The number of nitrogens with two attached hydrogens (primary N) is 1. The molecule has 0 atom stereocenters. The summed E-state index contributed by atoms with van der Waals surface area (Å²) in [7, 11) is 1.46. The molecule has 2 rings (SSSR count).